The van der Waals surface area contributed by atoms with Crippen molar-refractivity contribution < 1.29 is 4.79 Å². The molecule has 0 N–H and O–H groups in total. The van der Waals surface area contributed by atoms with Crippen LogP contribution in [0.25, 0.3) is 0 Å². The molecule has 0 unspecified atom stereocenters. The fraction of sp³-hybridized carbons (Fsp3) is 0.417. The molecule has 0 saturated carbocycles. The Kier molecular flexibility index (Phi) is 2.28. The molecule has 0 saturated heterocycles. The van der Waals surface area contributed by atoms with Crippen molar-refractivity contribution in [2.75, 3.05) is 11.9 Å². The van der Waals surface area contributed by atoms with Crippen LogP contribution in [0.2, 0.25) is 0 Å². The number of rotatable bonds is 2. The third kappa shape index (κ3) is 1.22. The lowest BCUT2D eigenvalue weighted by Crippen LogP contribution is -2.23. The Hall–Kier alpha value is -1.31. The highest BCUT2D eigenvalue weighted by molar-refractivity contribution is 6.04. The van der Waals surface area contributed by atoms with E-state index in [9.17, 15) is 4.79 Å². The van der Waals surface area contributed by atoms with Gasteiger partial charge in [-0.15, -0.1) is 0 Å². The van der Waals surface area contributed by atoms with Crippen LogP contribution in [-0.4, -0.2) is 13.0 Å². The third-order valence-corrected chi connectivity index (χ3v) is 2.88. The van der Waals surface area contributed by atoms with Crippen molar-refractivity contribution in [1.29, 1.82) is 0 Å². The molecule has 0 aromatic heterocycles. The van der Waals surface area contributed by atoms with Crippen molar-refractivity contribution in [3.63, 3.8) is 0 Å². The van der Waals surface area contributed by atoms with Crippen LogP contribution in [0, 0.1) is 0 Å². The van der Waals surface area contributed by atoms with E-state index in [0.29, 0.717) is 0 Å². The molecule has 0 bridgehead atoms. The van der Waals surface area contributed by atoms with Crippen LogP contribution < -0.4 is 4.90 Å². The molecule has 1 aromatic rings. The molecule has 2 heteroatoms. The summed E-state index contributed by atoms with van der Waals surface area (Å²) in [6.07, 6.45) is 2.01. The Morgan fingerprint density at radius 1 is 1.36 bits per heavy atom. The molecule has 0 aliphatic carbocycles. The van der Waals surface area contributed by atoms with Gasteiger partial charge in [-0.3, -0.25) is 4.79 Å². The zero-order valence-corrected chi connectivity index (χ0v) is 8.66. The summed E-state index contributed by atoms with van der Waals surface area (Å²) in [6.45, 7) is 2.12. The maximum atomic E-state index is 11.9. The number of nitrogens with zero attached hydrogens (tertiary/aromatic N) is 1. The average molecular weight is 189 g/mol. The standard InChI is InChI=1S/C12H15NO/c1-3-6-10-9-7-4-5-8-11(9)13(2)12(10)14/h4-5,7-8,10H,3,6H2,1-2H3/t10-/m0/s1. The molecule has 1 aromatic carbocycles. The van der Waals surface area contributed by atoms with Crippen LogP contribution in [-0.2, 0) is 4.79 Å². The second kappa shape index (κ2) is 3.45. The Morgan fingerprint density at radius 2 is 2.07 bits per heavy atom. The number of hydrogen-bond donors (Lipinski definition) is 0. The molecular weight excluding hydrogens is 174 g/mol. The Balaban J connectivity index is 2.42. The highest BCUT2D eigenvalue weighted by Gasteiger charge is 2.33. The first-order valence-corrected chi connectivity index (χ1v) is 5.12. The van der Waals surface area contributed by atoms with Crippen molar-refractivity contribution in [2.24, 2.45) is 0 Å². The molecule has 0 radical (unpaired) electrons. The molecule has 0 fully saturated rings. The van der Waals surface area contributed by atoms with Crippen LogP contribution in [0.1, 0.15) is 31.2 Å². The van der Waals surface area contributed by atoms with Crippen LogP contribution in [0.15, 0.2) is 24.3 Å². The average Bonchev–Trinajstić information content (AvgIpc) is 2.45. The van der Waals surface area contributed by atoms with Crippen molar-refractivity contribution >= 4 is 11.6 Å². The van der Waals surface area contributed by atoms with E-state index in [-0.39, 0.29) is 11.8 Å². The molecule has 1 aliphatic heterocycles. The summed E-state index contributed by atoms with van der Waals surface area (Å²) in [7, 11) is 1.86. The van der Waals surface area contributed by atoms with Gasteiger partial charge in [0.25, 0.3) is 0 Å². The highest BCUT2D eigenvalue weighted by Crippen LogP contribution is 2.38. The minimum Gasteiger partial charge on any atom is -0.315 e. The molecule has 14 heavy (non-hydrogen) atoms. The van der Waals surface area contributed by atoms with Crippen molar-refractivity contribution in [2.45, 2.75) is 25.7 Å². The molecule has 1 atom stereocenters. The predicted molar refractivity (Wildman–Crippen MR) is 57.5 cm³/mol. The summed E-state index contributed by atoms with van der Waals surface area (Å²) in [5, 5.41) is 0. The molecule has 74 valence electrons. The number of benzene rings is 1. The summed E-state index contributed by atoms with van der Waals surface area (Å²) in [5.74, 6) is 0.342. The van der Waals surface area contributed by atoms with E-state index in [1.165, 1.54) is 5.56 Å². The van der Waals surface area contributed by atoms with Crippen LogP contribution in [0.3, 0.4) is 0 Å². The molecule has 1 heterocycles. The van der Waals surface area contributed by atoms with E-state index in [2.05, 4.69) is 13.0 Å². The van der Waals surface area contributed by atoms with E-state index in [1.807, 2.05) is 25.2 Å². The number of amides is 1. The summed E-state index contributed by atoms with van der Waals surface area (Å²) in [4.78, 5) is 13.7. The number of likely N-dealkylation sites (N-methyl/N-ethyl adjacent to an activating group) is 1. The smallest absolute Gasteiger partial charge is 0.234 e. The van der Waals surface area contributed by atoms with E-state index < -0.39 is 0 Å². The highest BCUT2D eigenvalue weighted by atomic mass is 16.2. The van der Waals surface area contributed by atoms with Crippen LogP contribution in [0.4, 0.5) is 5.69 Å². The predicted octanol–water partition coefficient (Wildman–Crippen LogP) is 2.55. The van der Waals surface area contributed by atoms with Crippen LogP contribution in [0.5, 0.6) is 0 Å². The fourth-order valence-corrected chi connectivity index (χ4v) is 2.14. The quantitative estimate of drug-likeness (QED) is 0.700. The molecule has 2 nitrogen and oxygen atoms in total. The molecule has 1 aliphatic rings. The van der Waals surface area contributed by atoms with Crippen molar-refractivity contribution in [3.05, 3.63) is 29.8 Å². The number of para-hydroxylation sites is 1. The van der Waals surface area contributed by atoms with Crippen molar-refractivity contribution in [1.82, 2.24) is 0 Å². The molecule has 1 amide bonds. The minimum atomic E-state index is 0.0983. The topological polar surface area (TPSA) is 20.3 Å². The summed E-state index contributed by atoms with van der Waals surface area (Å²) >= 11 is 0. The van der Waals surface area contributed by atoms with Gasteiger partial charge in [-0.05, 0) is 18.1 Å². The van der Waals surface area contributed by atoms with E-state index >= 15 is 0 Å². The van der Waals surface area contributed by atoms with Gasteiger partial charge in [0.15, 0.2) is 0 Å². The third-order valence-electron chi connectivity index (χ3n) is 2.88. The molecular formula is C12H15NO. The van der Waals surface area contributed by atoms with Gasteiger partial charge in [0.2, 0.25) is 5.91 Å². The van der Waals surface area contributed by atoms with Gasteiger partial charge in [-0.1, -0.05) is 31.5 Å². The van der Waals surface area contributed by atoms with Crippen molar-refractivity contribution in [3.8, 4) is 0 Å². The zero-order chi connectivity index (χ0) is 10.1. The minimum absolute atomic E-state index is 0.0983. The summed E-state index contributed by atoms with van der Waals surface area (Å²) in [6, 6.07) is 8.07. The van der Waals surface area contributed by atoms with Crippen LogP contribution >= 0.6 is 0 Å². The number of fused-ring (bicyclic) bond motifs is 1. The SMILES string of the molecule is CCC[C@@H]1C(=O)N(C)c2ccccc21. The molecule has 0 spiro atoms. The number of carbonyl (C=O) groups excluding carboxylic acids is 1. The number of hydrogen-bond acceptors (Lipinski definition) is 1. The van der Waals surface area contributed by atoms with Gasteiger partial charge in [-0.2, -0.15) is 0 Å². The largest absolute Gasteiger partial charge is 0.315 e. The first kappa shape index (κ1) is 9.25. The Bertz CT molecular complexity index is 359. The maximum Gasteiger partial charge on any atom is 0.234 e. The second-order valence-corrected chi connectivity index (χ2v) is 3.80. The summed E-state index contributed by atoms with van der Waals surface area (Å²) in [5.41, 5.74) is 2.28. The second-order valence-electron chi connectivity index (χ2n) is 3.80. The summed E-state index contributed by atoms with van der Waals surface area (Å²) < 4.78 is 0. The van der Waals surface area contributed by atoms with E-state index in [4.69, 9.17) is 0 Å². The first-order chi connectivity index (χ1) is 6.75. The Morgan fingerprint density at radius 3 is 2.79 bits per heavy atom. The normalized spacial score (nSPS) is 20.0. The van der Waals surface area contributed by atoms with E-state index in [0.717, 1.165) is 18.5 Å². The lowest BCUT2D eigenvalue weighted by atomic mass is 9.96. The van der Waals surface area contributed by atoms with Gasteiger partial charge in [-0.25, -0.2) is 0 Å². The van der Waals surface area contributed by atoms with E-state index in [1.54, 1.807) is 4.90 Å². The number of anilines is 1. The van der Waals surface area contributed by atoms with Gasteiger partial charge >= 0.3 is 0 Å². The van der Waals surface area contributed by atoms with Gasteiger partial charge in [0.1, 0.15) is 0 Å². The fourth-order valence-electron chi connectivity index (χ4n) is 2.14. The Labute approximate surface area is 84.5 Å². The van der Waals surface area contributed by atoms with Gasteiger partial charge < -0.3 is 4.90 Å². The lowest BCUT2D eigenvalue weighted by Gasteiger charge is -2.09. The maximum absolute atomic E-state index is 11.9. The zero-order valence-electron chi connectivity index (χ0n) is 8.66. The number of carbonyl (C=O) groups is 1. The first-order valence-electron chi connectivity index (χ1n) is 5.12. The molecule has 2 rings (SSSR count). The van der Waals surface area contributed by atoms with Gasteiger partial charge in [0.05, 0.1) is 5.92 Å². The van der Waals surface area contributed by atoms with Gasteiger partial charge in [0, 0.05) is 12.7 Å². The lowest BCUT2D eigenvalue weighted by molar-refractivity contribution is -0.119. The monoisotopic (exact) mass is 189 g/mol.